The number of carbonyl (C=O) groups is 1. The normalized spacial score (nSPS) is 11.5. The molecule has 0 aliphatic heterocycles. The van der Waals surface area contributed by atoms with E-state index >= 15 is 0 Å². The first-order valence-corrected chi connectivity index (χ1v) is 10.9. The van der Waals surface area contributed by atoms with Crippen LogP contribution in [-0.4, -0.2) is 11.0 Å². The molecule has 2 aromatic carbocycles. The molecule has 0 saturated carbocycles. The summed E-state index contributed by atoms with van der Waals surface area (Å²) in [6.45, 7) is 5.68. The Morgan fingerprint density at radius 2 is 1.83 bits per heavy atom. The van der Waals surface area contributed by atoms with E-state index in [4.69, 9.17) is 4.74 Å². The molecule has 0 amide bonds. The van der Waals surface area contributed by atoms with Crippen molar-refractivity contribution in [3.05, 3.63) is 59.3 Å². The predicted molar refractivity (Wildman–Crippen MR) is 113 cm³/mol. The molecule has 0 saturated heterocycles. The van der Waals surface area contributed by atoms with E-state index < -0.39 is 11.7 Å². The van der Waals surface area contributed by atoms with Crippen molar-refractivity contribution in [1.82, 2.24) is 4.98 Å². The maximum atomic E-state index is 12.8. The van der Waals surface area contributed by atoms with Gasteiger partial charge in [-0.05, 0) is 56.2 Å². The monoisotopic (exact) mass is 451 g/mol. The summed E-state index contributed by atoms with van der Waals surface area (Å²) in [4.78, 5) is 17.2. The quantitative estimate of drug-likeness (QED) is 0.291. The van der Waals surface area contributed by atoms with Crippen LogP contribution < -0.4 is 4.74 Å². The van der Waals surface area contributed by atoms with Crippen LogP contribution in [0.1, 0.15) is 36.6 Å². The minimum absolute atomic E-state index is 0.250. The highest BCUT2D eigenvalue weighted by molar-refractivity contribution is 8.01. The zero-order valence-electron chi connectivity index (χ0n) is 16.7. The van der Waals surface area contributed by atoms with Gasteiger partial charge in [-0.15, -0.1) is 11.3 Å². The second kappa shape index (κ2) is 9.22. The fourth-order valence-electron chi connectivity index (χ4n) is 2.69. The van der Waals surface area contributed by atoms with Gasteiger partial charge in [0, 0.05) is 16.9 Å². The molecule has 0 radical (unpaired) electrons. The van der Waals surface area contributed by atoms with Crippen LogP contribution in [0.25, 0.3) is 10.6 Å². The Hall–Kier alpha value is -2.32. The summed E-state index contributed by atoms with van der Waals surface area (Å²) in [5, 5.41) is 0.672. The van der Waals surface area contributed by atoms with E-state index in [1.54, 1.807) is 6.07 Å². The number of rotatable bonds is 6. The van der Waals surface area contributed by atoms with Gasteiger partial charge in [0.05, 0.1) is 15.5 Å². The van der Waals surface area contributed by atoms with Gasteiger partial charge in [-0.3, -0.25) is 4.79 Å². The van der Waals surface area contributed by atoms with Crippen LogP contribution >= 0.6 is 23.1 Å². The fraction of sp³-hybridized carbons (Fsp3) is 0.273. The number of aromatic nitrogens is 1. The van der Waals surface area contributed by atoms with E-state index in [0.29, 0.717) is 22.7 Å². The summed E-state index contributed by atoms with van der Waals surface area (Å²) < 4.78 is 44.6. The number of nitrogens with zero attached hydrogens (tertiary/aromatic N) is 1. The Morgan fingerprint density at radius 1 is 1.13 bits per heavy atom. The molecule has 3 aromatic rings. The molecule has 158 valence electrons. The van der Waals surface area contributed by atoms with E-state index in [-0.39, 0.29) is 5.97 Å². The maximum Gasteiger partial charge on any atom is 0.416 e. The first kappa shape index (κ1) is 22.4. The van der Waals surface area contributed by atoms with Crippen LogP contribution in [0.2, 0.25) is 0 Å². The molecule has 3 nitrogen and oxygen atoms in total. The van der Waals surface area contributed by atoms with Gasteiger partial charge in [0.15, 0.2) is 0 Å². The average Bonchev–Trinajstić information content (AvgIpc) is 3.04. The van der Waals surface area contributed by atoms with Crippen molar-refractivity contribution < 1.29 is 22.7 Å². The van der Waals surface area contributed by atoms with Crippen molar-refractivity contribution in [2.24, 2.45) is 0 Å². The Bertz CT molecular complexity index is 1040. The lowest BCUT2D eigenvalue weighted by atomic mass is 10.1. The summed E-state index contributed by atoms with van der Waals surface area (Å²) in [6.07, 6.45) is -3.24. The van der Waals surface area contributed by atoms with Crippen LogP contribution in [0.15, 0.2) is 51.6 Å². The maximum absolute atomic E-state index is 12.8. The Labute approximate surface area is 181 Å². The molecule has 1 aromatic heterocycles. The summed E-state index contributed by atoms with van der Waals surface area (Å²) in [5.41, 5.74) is 1.65. The average molecular weight is 452 g/mol. The molecule has 8 heteroatoms. The van der Waals surface area contributed by atoms with Gasteiger partial charge in [-0.25, -0.2) is 4.98 Å². The van der Waals surface area contributed by atoms with Crippen molar-refractivity contribution in [3.8, 4) is 16.3 Å². The first-order valence-electron chi connectivity index (χ1n) is 9.31. The van der Waals surface area contributed by atoms with Crippen molar-refractivity contribution in [3.63, 3.8) is 0 Å². The molecule has 3 rings (SSSR count). The molecule has 30 heavy (non-hydrogen) atoms. The molecule has 0 bridgehead atoms. The van der Waals surface area contributed by atoms with Gasteiger partial charge < -0.3 is 4.74 Å². The van der Waals surface area contributed by atoms with E-state index in [2.05, 4.69) is 4.98 Å². The third-order valence-electron chi connectivity index (χ3n) is 4.25. The number of aryl methyl sites for hydroxylation is 2. The number of halogens is 3. The molecule has 0 atom stereocenters. The number of ether oxygens (including phenoxy) is 1. The Morgan fingerprint density at radius 3 is 2.43 bits per heavy atom. The van der Waals surface area contributed by atoms with Crippen molar-refractivity contribution in [2.45, 2.75) is 48.9 Å². The summed E-state index contributed by atoms with van der Waals surface area (Å²) in [5.74, 6) is 0.296. The third-order valence-corrected chi connectivity index (χ3v) is 6.72. The molecule has 0 aliphatic rings. The molecule has 0 aliphatic carbocycles. The van der Waals surface area contributed by atoms with Crippen LogP contribution in [0.3, 0.4) is 0 Å². The van der Waals surface area contributed by atoms with E-state index in [9.17, 15) is 18.0 Å². The topological polar surface area (TPSA) is 39.2 Å². The van der Waals surface area contributed by atoms with Crippen LogP contribution in [-0.2, 0) is 11.0 Å². The number of thiazole rings is 1. The minimum atomic E-state index is -4.35. The SMILES string of the molecule is CCCC(=O)Oc1ccc(Sc2sc(-c3ccc(C(F)(F)F)cc3)nc2C)cc1C. The second-order valence-electron chi connectivity index (χ2n) is 6.72. The van der Waals surface area contributed by atoms with E-state index in [0.717, 1.165) is 38.9 Å². The zero-order chi connectivity index (χ0) is 21.9. The first-order chi connectivity index (χ1) is 14.2. The third kappa shape index (κ3) is 5.43. The lowest BCUT2D eigenvalue weighted by molar-refractivity contribution is -0.137. The van der Waals surface area contributed by atoms with Crippen LogP contribution in [0.4, 0.5) is 13.2 Å². The van der Waals surface area contributed by atoms with Crippen LogP contribution in [0, 0.1) is 13.8 Å². The number of esters is 1. The molecular formula is C22H20F3NO2S2. The summed E-state index contributed by atoms with van der Waals surface area (Å²) in [6, 6.07) is 10.6. The summed E-state index contributed by atoms with van der Waals surface area (Å²) >= 11 is 2.96. The molecule has 0 N–H and O–H groups in total. The van der Waals surface area contributed by atoms with Gasteiger partial charge in [0.25, 0.3) is 0 Å². The van der Waals surface area contributed by atoms with Gasteiger partial charge in [-0.1, -0.05) is 30.8 Å². The Kier molecular flexibility index (Phi) is 6.88. The molecule has 0 spiro atoms. The van der Waals surface area contributed by atoms with Crippen LogP contribution in [0.5, 0.6) is 5.75 Å². The highest BCUT2D eigenvalue weighted by atomic mass is 32.2. The Balaban J connectivity index is 1.76. The zero-order valence-corrected chi connectivity index (χ0v) is 18.3. The highest BCUT2D eigenvalue weighted by Crippen LogP contribution is 2.40. The number of hydrogen-bond acceptors (Lipinski definition) is 5. The molecule has 0 fully saturated rings. The fourth-order valence-corrected chi connectivity index (χ4v) is 4.96. The van der Waals surface area contributed by atoms with Gasteiger partial charge in [0.2, 0.25) is 0 Å². The van der Waals surface area contributed by atoms with Gasteiger partial charge in [0.1, 0.15) is 10.8 Å². The van der Waals surface area contributed by atoms with Crippen molar-refractivity contribution >= 4 is 29.1 Å². The highest BCUT2D eigenvalue weighted by Gasteiger charge is 2.30. The smallest absolute Gasteiger partial charge is 0.416 e. The van der Waals surface area contributed by atoms with Crippen molar-refractivity contribution in [2.75, 3.05) is 0 Å². The lowest BCUT2D eigenvalue weighted by Crippen LogP contribution is -2.07. The van der Waals surface area contributed by atoms with E-state index in [1.165, 1.54) is 35.2 Å². The second-order valence-corrected chi connectivity index (χ2v) is 9.06. The molecule has 1 heterocycles. The lowest BCUT2D eigenvalue weighted by Gasteiger charge is -2.08. The number of carbonyl (C=O) groups excluding carboxylic acids is 1. The molecular weight excluding hydrogens is 431 g/mol. The van der Waals surface area contributed by atoms with Gasteiger partial charge >= 0.3 is 12.1 Å². The van der Waals surface area contributed by atoms with E-state index in [1.807, 2.05) is 32.9 Å². The summed E-state index contributed by atoms with van der Waals surface area (Å²) in [7, 11) is 0. The standard InChI is InChI=1S/C22H20F3NO2S2/c1-4-5-19(27)28-18-11-10-17(12-13(18)2)29-21-14(3)26-20(30-21)15-6-8-16(9-7-15)22(23,24)25/h6-12H,4-5H2,1-3H3. The van der Waals surface area contributed by atoms with Crippen molar-refractivity contribution in [1.29, 1.82) is 0 Å². The molecule has 0 unspecified atom stereocenters. The largest absolute Gasteiger partial charge is 0.426 e. The minimum Gasteiger partial charge on any atom is -0.426 e. The number of alkyl halides is 3. The number of benzene rings is 2. The number of hydrogen-bond donors (Lipinski definition) is 0. The van der Waals surface area contributed by atoms with Gasteiger partial charge in [-0.2, -0.15) is 13.2 Å². The predicted octanol–water partition coefficient (Wildman–Crippen LogP) is 7.30.